The highest BCUT2D eigenvalue weighted by Gasteiger charge is 2.23. The highest BCUT2D eigenvalue weighted by atomic mass is 16.4. The maximum Gasteiger partial charge on any atom is 0.306 e. The highest BCUT2D eigenvalue weighted by molar-refractivity contribution is 5.86. The molecule has 0 spiro atoms. The summed E-state index contributed by atoms with van der Waals surface area (Å²) in [4.78, 5) is 34.6. The van der Waals surface area contributed by atoms with Gasteiger partial charge in [0.1, 0.15) is 6.04 Å². The monoisotopic (exact) mass is 238 g/mol. The average molecular weight is 238 g/mol. The Labute approximate surface area is 99.0 Å². The van der Waals surface area contributed by atoms with E-state index in [0.29, 0.717) is 13.0 Å². The Morgan fingerprint density at radius 2 is 2.29 bits per heavy atom. The van der Waals surface area contributed by atoms with Crippen LogP contribution < -0.4 is 5.32 Å². The van der Waals surface area contributed by atoms with Gasteiger partial charge in [-0.3, -0.25) is 14.4 Å². The summed E-state index contributed by atoms with van der Waals surface area (Å²) in [5.74, 6) is 0.620. The fraction of sp³-hybridized carbons (Fsp3) is 0.545. The van der Waals surface area contributed by atoms with Crippen molar-refractivity contribution in [2.75, 3.05) is 13.1 Å². The molecule has 0 unspecified atom stereocenters. The Bertz CT molecular complexity index is 372. The second kappa shape index (κ2) is 5.89. The van der Waals surface area contributed by atoms with Gasteiger partial charge in [-0.1, -0.05) is 5.92 Å². The van der Waals surface area contributed by atoms with Crippen LogP contribution in [0.1, 0.15) is 19.3 Å². The number of nitrogens with one attached hydrogen (secondary N) is 1. The predicted molar refractivity (Wildman–Crippen MR) is 58.8 cm³/mol. The molecule has 0 aliphatic carbocycles. The largest absolute Gasteiger partial charge is 0.481 e. The van der Waals surface area contributed by atoms with E-state index in [4.69, 9.17) is 11.5 Å². The molecule has 6 heteroatoms. The molecule has 1 fully saturated rings. The quantitative estimate of drug-likeness (QED) is 0.614. The van der Waals surface area contributed by atoms with E-state index in [2.05, 4.69) is 11.2 Å². The first-order valence-electron chi connectivity index (χ1n) is 5.28. The van der Waals surface area contributed by atoms with Crippen LogP contribution in [0.2, 0.25) is 0 Å². The number of carbonyl (C=O) groups excluding carboxylic acids is 2. The lowest BCUT2D eigenvalue weighted by Crippen LogP contribution is -2.42. The van der Waals surface area contributed by atoms with Gasteiger partial charge in [-0.2, -0.15) is 0 Å². The standard InChI is InChI=1S/C11H14N2O4/c1-2-8(6-11(16)17)12-9(14)7-13-5-3-4-10(13)15/h1,8H,3-7H2,(H,12,14)(H,16,17)/t8-/m1/s1. The minimum absolute atomic E-state index is 0.0589. The van der Waals surface area contributed by atoms with Crippen molar-refractivity contribution in [2.24, 2.45) is 0 Å². The zero-order valence-electron chi connectivity index (χ0n) is 9.31. The number of hydrogen-bond acceptors (Lipinski definition) is 3. The van der Waals surface area contributed by atoms with Crippen molar-refractivity contribution in [3.8, 4) is 12.3 Å². The van der Waals surface area contributed by atoms with E-state index in [1.807, 2.05) is 0 Å². The van der Waals surface area contributed by atoms with Crippen molar-refractivity contribution in [2.45, 2.75) is 25.3 Å². The lowest BCUT2D eigenvalue weighted by atomic mass is 10.2. The highest BCUT2D eigenvalue weighted by Crippen LogP contribution is 2.08. The summed E-state index contributed by atoms with van der Waals surface area (Å²) in [6.45, 7) is 0.503. The van der Waals surface area contributed by atoms with E-state index in [1.54, 1.807) is 0 Å². The number of aliphatic carboxylic acids is 1. The molecule has 1 saturated heterocycles. The molecule has 0 aromatic carbocycles. The third kappa shape index (κ3) is 4.15. The molecular weight excluding hydrogens is 224 g/mol. The fourth-order valence-corrected chi connectivity index (χ4v) is 1.61. The van der Waals surface area contributed by atoms with E-state index in [1.165, 1.54) is 4.90 Å². The van der Waals surface area contributed by atoms with Crippen LogP contribution in [-0.2, 0) is 14.4 Å². The number of likely N-dealkylation sites (tertiary alicyclic amines) is 1. The van der Waals surface area contributed by atoms with Crippen LogP contribution in [0.3, 0.4) is 0 Å². The molecule has 0 saturated carbocycles. The molecular formula is C11H14N2O4. The van der Waals surface area contributed by atoms with Crippen molar-refractivity contribution < 1.29 is 19.5 Å². The molecule has 2 N–H and O–H groups in total. The minimum Gasteiger partial charge on any atom is -0.481 e. The first-order valence-corrected chi connectivity index (χ1v) is 5.28. The number of amides is 2. The van der Waals surface area contributed by atoms with E-state index < -0.39 is 17.9 Å². The molecule has 0 radical (unpaired) electrons. The molecule has 1 rings (SSSR count). The van der Waals surface area contributed by atoms with Crippen LogP contribution in [-0.4, -0.2) is 46.9 Å². The third-order valence-corrected chi connectivity index (χ3v) is 2.42. The Hall–Kier alpha value is -2.03. The first kappa shape index (κ1) is 13.0. The molecule has 6 nitrogen and oxygen atoms in total. The minimum atomic E-state index is -1.08. The van der Waals surface area contributed by atoms with E-state index in [9.17, 15) is 14.4 Å². The summed E-state index contributed by atoms with van der Waals surface area (Å²) in [6.07, 6.45) is 5.98. The van der Waals surface area contributed by atoms with Gasteiger partial charge in [0.15, 0.2) is 0 Å². The maximum atomic E-state index is 11.5. The second-order valence-electron chi connectivity index (χ2n) is 3.80. The van der Waals surface area contributed by atoms with Crippen LogP contribution in [0.5, 0.6) is 0 Å². The van der Waals surface area contributed by atoms with Gasteiger partial charge in [0.2, 0.25) is 11.8 Å². The smallest absolute Gasteiger partial charge is 0.306 e. The molecule has 0 aromatic heterocycles. The Kier molecular flexibility index (Phi) is 4.52. The zero-order valence-corrected chi connectivity index (χ0v) is 9.31. The molecule has 0 aromatic rings. The number of carboxylic acid groups (broad SMARTS) is 1. The van der Waals surface area contributed by atoms with E-state index in [-0.39, 0.29) is 18.9 Å². The molecule has 1 aliphatic heterocycles. The first-order chi connectivity index (χ1) is 8.02. The number of carboxylic acids is 1. The third-order valence-electron chi connectivity index (χ3n) is 2.42. The average Bonchev–Trinajstić information content (AvgIpc) is 2.62. The Balaban J connectivity index is 2.40. The van der Waals surface area contributed by atoms with Crippen LogP contribution >= 0.6 is 0 Å². The SMILES string of the molecule is C#C[C@H](CC(=O)O)NC(=O)CN1CCCC1=O. The van der Waals surface area contributed by atoms with Crippen LogP contribution in [0.15, 0.2) is 0 Å². The number of carbonyl (C=O) groups is 3. The molecule has 1 aliphatic rings. The predicted octanol–water partition coefficient (Wildman–Crippen LogP) is -0.798. The van der Waals surface area contributed by atoms with Gasteiger partial charge in [-0.25, -0.2) is 0 Å². The van der Waals surface area contributed by atoms with Gasteiger partial charge in [0.25, 0.3) is 0 Å². The molecule has 1 atom stereocenters. The van der Waals surface area contributed by atoms with E-state index >= 15 is 0 Å². The molecule has 0 bridgehead atoms. The van der Waals surface area contributed by atoms with Gasteiger partial charge >= 0.3 is 5.97 Å². The Morgan fingerprint density at radius 3 is 2.76 bits per heavy atom. The summed E-state index contributed by atoms with van der Waals surface area (Å²) in [7, 11) is 0. The fourth-order valence-electron chi connectivity index (χ4n) is 1.61. The summed E-state index contributed by atoms with van der Waals surface area (Å²) in [5.41, 5.74) is 0. The summed E-state index contributed by atoms with van der Waals surface area (Å²) < 4.78 is 0. The molecule has 17 heavy (non-hydrogen) atoms. The van der Waals surface area contributed by atoms with Crippen molar-refractivity contribution >= 4 is 17.8 Å². The normalized spacial score (nSPS) is 16.4. The van der Waals surface area contributed by atoms with Gasteiger partial charge in [-0.15, -0.1) is 6.42 Å². The van der Waals surface area contributed by atoms with E-state index in [0.717, 1.165) is 6.42 Å². The van der Waals surface area contributed by atoms with Gasteiger partial charge in [0.05, 0.1) is 13.0 Å². The van der Waals surface area contributed by atoms with Gasteiger partial charge in [-0.05, 0) is 6.42 Å². The van der Waals surface area contributed by atoms with Crippen molar-refractivity contribution in [1.82, 2.24) is 10.2 Å². The van der Waals surface area contributed by atoms with Gasteiger partial charge in [0, 0.05) is 13.0 Å². The van der Waals surface area contributed by atoms with Gasteiger partial charge < -0.3 is 15.3 Å². The van der Waals surface area contributed by atoms with Crippen LogP contribution in [0.4, 0.5) is 0 Å². The lowest BCUT2D eigenvalue weighted by molar-refractivity contribution is -0.138. The van der Waals surface area contributed by atoms with Crippen molar-refractivity contribution in [3.63, 3.8) is 0 Å². The lowest BCUT2D eigenvalue weighted by Gasteiger charge is -2.17. The number of rotatable bonds is 5. The van der Waals surface area contributed by atoms with Crippen LogP contribution in [0, 0.1) is 12.3 Å². The summed E-state index contributed by atoms with van der Waals surface area (Å²) >= 11 is 0. The number of terminal acetylenes is 1. The van der Waals surface area contributed by atoms with Crippen molar-refractivity contribution in [3.05, 3.63) is 0 Å². The van der Waals surface area contributed by atoms with Crippen LogP contribution in [0.25, 0.3) is 0 Å². The molecule has 1 heterocycles. The summed E-state index contributed by atoms with van der Waals surface area (Å²) in [6, 6.07) is -0.835. The number of hydrogen-bond donors (Lipinski definition) is 2. The van der Waals surface area contributed by atoms with Crippen molar-refractivity contribution in [1.29, 1.82) is 0 Å². The molecule has 2 amide bonds. The molecule has 92 valence electrons. The number of nitrogens with zero attached hydrogens (tertiary/aromatic N) is 1. The second-order valence-corrected chi connectivity index (χ2v) is 3.80. The maximum absolute atomic E-state index is 11.5. The Morgan fingerprint density at radius 1 is 1.59 bits per heavy atom. The zero-order chi connectivity index (χ0) is 12.8. The topological polar surface area (TPSA) is 86.7 Å². The summed E-state index contributed by atoms with van der Waals surface area (Å²) in [5, 5.41) is 10.9.